The molecule has 0 heterocycles. The molecule has 2 N–H and O–H groups in total. The number of aliphatic carboxylic acids is 6. The van der Waals surface area contributed by atoms with Crippen molar-refractivity contribution in [1.82, 2.24) is 0 Å². The van der Waals surface area contributed by atoms with Crippen molar-refractivity contribution in [2.24, 2.45) is 0 Å². The minimum atomic E-state index is -2.97. The van der Waals surface area contributed by atoms with Crippen LogP contribution >= 0.6 is 0 Å². The van der Waals surface area contributed by atoms with Gasteiger partial charge in [0.2, 0.25) is 0 Å². The minimum Gasteiger partial charge on any atom is 2.00 e. The molecule has 0 aliphatic carbocycles. The van der Waals surface area contributed by atoms with Gasteiger partial charge in [-0.05, 0) is 0 Å². The van der Waals surface area contributed by atoms with Crippen molar-refractivity contribution in [3.63, 3.8) is 0 Å². The van der Waals surface area contributed by atoms with Gasteiger partial charge < -0.3 is 69.6 Å². The van der Waals surface area contributed by atoms with Gasteiger partial charge >= 0.3 is 250 Å². The van der Waals surface area contributed by atoms with Gasteiger partial charge in [-0.2, -0.15) is 0 Å². The quantitative estimate of drug-likeness (QED) is 0.195. The van der Waals surface area contributed by atoms with E-state index in [0.29, 0.717) is 0 Å². The fourth-order valence-corrected chi connectivity index (χ4v) is 1.37. The standard InChI is InChI=1S/2C6H8O7.3Ca.3Sr.6H/c2*7-3(8)1-6(13,5(11)12)2-4(9)10;;;;;;;;;;;;/h2*13H,1-2H2,(H,7,8)(H,9,10)(H,11,12);;;;;;;;;;;;/q;;;;;3*+2;;;;;;/p-6. The van der Waals surface area contributed by atoms with Gasteiger partial charge in [0.25, 0.3) is 0 Å². The number of carboxylic acid groups (broad SMARTS) is 6. The van der Waals surface area contributed by atoms with Crippen LogP contribution in [0.25, 0.3) is 0 Å². The van der Waals surface area contributed by atoms with Crippen LogP contribution in [-0.4, -0.2) is 307 Å². The molecule has 0 aliphatic heterocycles. The third-order valence-electron chi connectivity index (χ3n) is 2.51. The first-order valence-electron chi connectivity index (χ1n) is 6.23. The normalized spacial score (nSPS) is 8.81. The summed E-state index contributed by atoms with van der Waals surface area (Å²) in [4.78, 5) is 60.0. The Labute approximate surface area is 382 Å². The SMILES string of the molecule is O=C([O-])CC(O)(CC(=O)[O-])C(=O)[O-].O=C([O-])CC(O)(CC(=O)[O-])C(=O)[O-].[CaH2].[CaH2].[CaH2].[Sr+2].[Sr+2].[Sr+2]. The van der Waals surface area contributed by atoms with Crippen molar-refractivity contribution in [3.8, 4) is 0 Å². The molecule has 0 atom stereocenters. The molecule has 0 rings (SSSR count). The van der Waals surface area contributed by atoms with E-state index in [1.807, 2.05) is 0 Å². The van der Waals surface area contributed by atoms with E-state index in [1.54, 1.807) is 0 Å². The Morgan fingerprint density at radius 2 is 0.594 bits per heavy atom. The fraction of sp³-hybridized carbons (Fsp3) is 0.500. The predicted octanol–water partition coefficient (Wildman–Crippen LogP) is -14.4. The third kappa shape index (κ3) is 29.5. The number of carbonyl (C=O) groups is 6. The summed E-state index contributed by atoms with van der Waals surface area (Å²) in [6.45, 7) is 0. The molecule has 14 nitrogen and oxygen atoms in total. The van der Waals surface area contributed by atoms with Crippen LogP contribution < -0.4 is 30.6 Å². The summed E-state index contributed by atoms with van der Waals surface area (Å²) in [6.07, 6.45) is -5.43. The topological polar surface area (TPSA) is 281 Å². The molecule has 0 aromatic heterocycles. The largest absolute Gasteiger partial charge is 2.00 e. The van der Waals surface area contributed by atoms with Crippen LogP contribution in [-0.2, 0) is 28.8 Å². The smallest absolute Gasteiger partial charge is 2.00 e. The molecular weight excluding hydrogens is 751 g/mol. The number of carboxylic acids is 6. The van der Waals surface area contributed by atoms with Crippen LogP contribution in [0.5, 0.6) is 0 Å². The first-order chi connectivity index (χ1) is 11.6. The summed E-state index contributed by atoms with van der Waals surface area (Å²) in [5.74, 6) is -12.0. The first-order valence-corrected chi connectivity index (χ1v) is 6.23. The van der Waals surface area contributed by atoms with Crippen LogP contribution in [0.2, 0.25) is 0 Å². The van der Waals surface area contributed by atoms with Crippen LogP contribution in [0.15, 0.2) is 0 Å². The maximum absolute atomic E-state index is 10.1. The molecule has 0 amide bonds. The summed E-state index contributed by atoms with van der Waals surface area (Å²) >= 11 is 0. The minimum absolute atomic E-state index is 0. The Morgan fingerprint density at radius 1 is 0.469 bits per heavy atom. The monoisotopic (exact) mass is 768 g/mol. The molecule has 0 saturated carbocycles. The van der Waals surface area contributed by atoms with Crippen LogP contribution in [0, 0.1) is 0 Å². The number of hydrogen-bond donors (Lipinski definition) is 2. The van der Waals surface area contributed by atoms with Gasteiger partial charge in [-0.3, -0.25) is 0 Å². The number of hydrogen-bond acceptors (Lipinski definition) is 14. The van der Waals surface area contributed by atoms with Gasteiger partial charge in [-0.1, -0.05) is 0 Å². The van der Waals surface area contributed by atoms with E-state index in [1.165, 1.54) is 0 Å². The van der Waals surface area contributed by atoms with Gasteiger partial charge in [0.05, 0.1) is 11.9 Å². The number of carbonyl (C=O) groups excluding carboxylic acids is 6. The molecule has 0 aliphatic rings. The molecule has 0 aromatic rings. The van der Waals surface area contributed by atoms with Crippen LogP contribution in [0.1, 0.15) is 25.7 Å². The van der Waals surface area contributed by atoms with E-state index >= 15 is 0 Å². The number of rotatable bonds is 10. The summed E-state index contributed by atoms with van der Waals surface area (Å²) in [7, 11) is 0. The molecule has 0 aromatic carbocycles. The molecule has 20 heteroatoms. The number of aliphatic hydroxyl groups is 2. The Balaban J connectivity index is -0.0000000505. The zero-order chi connectivity index (χ0) is 21.3. The fourth-order valence-electron chi connectivity index (χ4n) is 1.37. The average molecular weight is 767 g/mol. The van der Waals surface area contributed by atoms with Crippen molar-refractivity contribution in [1.29, 1.82) is 0 Å². The first kappa shape index (κ1) is 57.0. The summed E-state index contributed by atoms with van der Waals surface area (Å²) in [5.41, 5.74) is -5.95. The molecule has 160 valence electrons. The van der Waals surface area contributed by atoms with Crippen molar-refractivity contribution in [2.45, 2.75) is 36.9 Å². The maximum atomic E-state index is 10.1. The average Bonchev–Trinajstić information content (AvgIpc) is 2.34. The molecule has 0 bridgehead atoms. The Kier molecular flexibility index (Phi) is 51.6. The van der Waals surface area contributed by atoms with Gasteiger partial charge in [0.15, 0.2) is 0 Å². The second kappa shape index (κ2) is 29.0. The summed E-state index contributed by atoms with van der Waals surface area (Å²) in [5, 5.41) is 77.9. The van der Waals surface area contributed by atoms with Crippen molar-refractivity contribution >= 4 is 285 Å². The predicted molar refractivity (Wildman–Crippen MR) is 101 cm³/mol. The van der Waals surface area contributed by atoms with Crippen molar-refractivity contribution in [2.75, 3.05) is 0 Å². The van der Waals surface area contributed by atoms with Gasteiger partial charge in [-0.15, -0.1) is 0 Å². The molecule has 32 heavy (non-hydrogen) atoms. The van der Waals surface area contributed by atoms with Crippen molar-refractivity contribution < 1.29 is 69.6 Å². The zero-order valence-corrected chi connectivity index (χ0v) is 25.2. The Bertz CT molecular complexity index is 535. The Hall–Kier alpha value is 4.96. The van der Waals surface area contributed by atoms with E-state index < -0.39 is 72.7 Å². The molecule has 0 radical (unpaired) electrons. The molecule has 0 spiro atoms. The Morgan fingerprint density at radius 3 is 0.656 bits per heavy atom. The summed E-state index contributed by atoms with van der Waals surface area (Å²) < 4.78 is 0. The molecule has 0 saturated heterocycles. The van der Waals surface area contributed by atoms with Crippen LogP contribution in [0.4, 0.5) is 0 Å². The second-order valence-corrected chi connectivity index (χ2v) is 4.83. The second-order valence-electron chi connectivity index (χ2n) is 4.83. The van der Waals surface area contributed by atoms with E-state index in [-0.39, 0.29) is 250 Å². The molecule has 0 fully saturated rings. The third-order valence-corrected chi connectivity index (χ3v) is 2.51. The molecule has 0 unspecified atom stereocenters. The molecular formula is C12H16Ca3O14Sr3. The van der Waals surface area contributed by atoms with Crippen LogP contribution in [0.3, 0.4) is 0 Å². The van der Waals surface area contributed by atoms with E-state index in [2.05, 4.69) is 0 Å². The maximum Gasteiger partial charge on any atom is 2.00 e. The van der Waals surface area contributed by atoms with Crippen molar-refractivity contribution in [3.05, 3.63) is 0 Å². The van der Waals surface area contributed by atoms with E-state index in [0.717, 1.165) is 0 Å². The van der Waals surface area contributed by atoms with Gasteiger partial charge in [0, 0.05) is 49.6 Å². The summed E-state index contributed by atoms with van der Waals surface area (Å²) in [6, 6.07) is 0. The van der Waals surface area contributed by atoms with Gasteiger partial charge in [-0.25, -0.2) is 0 Å². The zero-order valence-electron chi connectivity index (χ0n) is 14.7. The van der Waals surface area contributed by atoms with E-state index in [4.69, 9.17) is 10.2 Å². The van der Waals surface area contributed by atoms with Gasteiger partial charge in [0.1, 0.15) is 11.2 Å². The van der Waals surface area contributed by atoms with E-state index in [9.17, 15) is 59.4 Å².